The molecule has 0 amide bonds. The predicted octanol–water partition coefficient (Wildman–Crippen LogP) is 0.738. The molecule has 3 heteroatoms. The van der Waals surface area contributed by atoms with E-state index in [9.17, 15) is 0 Å². The van der Waals surface area contributed by atoms with Gasteiger partial charge in [0.05, 0.1) is 0 Å². The minimum absolute atomic E-state index is 0. The largest absolute Gasteiger partial charge is 1.00 e. The van der Waals surface area contributed by atoms with E-state index in [1.807, 2.05) is 0 Å². The SMILES string of the molecule is CC(C)C[Se]/C([S-])=C/C1CCCCC1.[Li+]. The van der Waals surface area contributed by atoms with Gasteiger partial charge in [0, 0.05) is 0 Å². The van der Waals surface area contributed by atoms with Crippen LogP contribution in [0.15, 0.2) is 9.88 Å². The molecule has 0 radical (unpaired) electrons. The van der Waals surface area contributed by atoms with E-state index < -0.39 is 0 Å². The van der Waals surface area contributed by atoms with Crippen molar-refractivity contribution in [1.82, 2.24) is 0 Å². The second-order valence-electron chi connectivity index (χ2n) is 4.59. The molecule has 0 N–H and O–H groups in total. The molecule has 1 rings (SSSR count). The van der Waals surface area contributed by atoms with E-state index in [1.54, 1.807) is 0 Å². The Morgan fingerprint density at radius 1 is 1.33 bits per heavy atom. The number of hydrogen-bond acceptors (Lipinski definition) is 1. The van der Waals surface area contributed by atoms with E-state index in [0.717, 1.165) is 11.8 Å². The Kier molecular flexibility index (Phi) is 9.80. The van der Waals surface area contributed by atoms with Gasteiger partial charge in [-0.25, -0.2) is 0 Å². The molecule has 0 aromatic heterocycles. The number of hydrogen-bond donors (Lipinski definition) is 0. The average molecular weight is 283 g/mol. The van der Waals surface area contributed by atoms with E-state index >= 15 is 0 Å². The maximum Gasteiger partial charge on any atom is 1.00 e. The summed E-state index contributed by atoms with van der Waals surface area (Å²) in [5.41, 5.74) is 0. The summed E-state index contributed by atoms with van der Waals surface area (Å²) in [6.45, 7) is 4.57. The van der Waals surface area contributed by atoms with Gasteiger partial charge in [0.1, 0.15) is 0 Å². The van der Waals surface area contributed by atoms with Gasteiger partial charge in [-0.15, -0.1) is 0 Å². The average Bonchev–Trinajstić information content (AvgIpc) is 2.16. The topological polar surface area (TPSA) is 0 Å². The van der Waals surface area contributed by atoms with Crippen molar-refractivity contribution in [2.24, 2.45) is 11.8 Å². The summed E-state index contributed by atoms with van der Waals surface area (Å²) >= 11 is 6.01. The second kappa shape index (κ2) is 9.14. The molecule has 1 saturated carbocycles. The van der Waals surface area contributed by atoms with Gasteiger partial charge in [-0.1, -0.05) is 0 Å². The third kappa shape index (κ3) is 7.89. The van der Waals surface area contributed by atoms with Crippen molar-refractivity contribution >= 4 is 27.6 Å². The molecule has 0 atom stereocenters. The van der Waals surface area contributed by atoms with Crippen molar-refractivity contribution in [3.8, 4) is 0 Å². The van der Waals surface area contributed by atoms with Gasteiger partial charge in [0.25, 0.3) is 0 Å². The summed E-state index contributed by atoms with van der Waals surface area (Å²) in [5, 5.41) is 1.31. The molecule has 0 spiro atoms. The molecule has 0 heterocycles. The van der Waals surface area contributed by atoms with E-state index in [0.29, 0.717) is 15.0 Å². The number of allylic oxidation sites excluding steroid dienone is 1. The minimum Gasteiger partial charge on any atom is 1.00 e. The summed E-state index contributed by atoms with van der Waals surface area (Å²) in [6.07, 6.45) is 9.45. The van der Waals surface area contributed by atoms with Gasteiger partial charge in [0.2, 0.25) is 0 Å². The van der Waals surface area contributed by atoms with Crippen LogP contribution in [0.5, 0.6) is 0 Å². The van der Waals surface area contributed by atoms with Crippen molar-refractivity contribution in [2.75, 3.05) is 0 Å². The molecule has 82 valence electrons. The molecule has 1 aliphatic carbocycles. The Morgan fingerprint density at radius 3 is 2.47 bits per heavy atom. The zero-order chi connectivity index (χ0) is 10.4. The predicted molar refractivity (Wildman–Crippen MR) is 67.4 cm³/mol. The van der Waals surface area contributed by atoms with Gasteiger partial charge in [-0.05, 0) is 0 Å². The summed E-state index contributed by atoms with van der Waals surface area (Å²) in [7, 11) is 0. The van der Waals surface area contributed by atoms with Crippen molar-refractivity contribution in [3.05, 3.63) is 9.88 Å². The molecular weight excluding hydrogens is 262 g/mol. The molecule has 0 aromatic rings. The van der Waals surface area contributed by atoms with Gasteiger partial charge in [0.15, 0.2) is 0 Å². The molecule has 0 aromatic carbocycles. The van der Waals surface area contributed by atoms with Crippen LogP contribution in [-0.2, 0) is 12.6 Å². The van der Waals surface area contributed by atoms with Gasteiger partial charge >= 0.3 is 119 Å². The third-order valence-corrected chi connectivity index (χ3v) is 5.96. The summed E-state index contributed by atoms with van der Waals surface area (Å²) in [4.78, 5) is 0. The summed E-state index contributed by atoms with van der Waals surface area (Å²) < 4.78 is 1.28. The maximum atomic E-state index is 5.43. The number of rotatable bonds is 4. The van der Waals surface area contributed by atoms with Crippen molar-refractivity contribution in [3.63, 3.8) is 0 Å². The monoisotopic (exact) mass is 284 g/mol. The van der Waals surface area contributed by atoms with Crippen LogP contribution in [-0.4, -0.2) is 15.0 Å². The van der Waals surface area contributed by atoms with E-state index in [-0.39, 0.29) is 18.9 Å². The van der Waals surface area contributed by atoms with Crippen LogP contribution >= 0.6 is 0 Å². The Bertz CT molecular complexity index is 186. The van der Waals surface area contributed by atoms with Gasteiger partial charge in [-0.2, -0.15) is 0 Å². The van der Waals surface area contributed by atoms with Crippen molar-refractivity contribution in [1.29, 1.82) is 0 Å². The normalized spacial score (nSPS) is 19.0. The Balaban J connectivity index is 0.00000196. The summed E-state index contributed by atoms with van der Waals surface area (Å²) in [6, 6.07) is 0. The van der Waals surface area contributed by atoms with Crippen molar-refractivity contribution in [2.45, 2.75) is 51.3 Å². The fraction of sp³-hybridized carbons (Fsp3) is 0.833. The first kappa shape index (κ1) is 16.1. The molecule has 0 saturated heterocycles. The van der Waals surface area contributed by atoms with E-state index in [1.165, 1.54) is 41.2 Å². The molecule has 1 aliphatic rings. The molecule has 1 fully saturated rings. The maximum absolute atomic E-state index is 5.43. The van der Waals surface area contributed by atoms with Crippen LogP contribution in [0.25, 0.3) is 0 Å². The fourth-order valence-electron chi connectivity index (χ4n) is 1.79. The molecule has 0 aliphatic heterocycles. The van der Waals surface area contributed by atoms with Crippen LogP contribution in [0, 0.1) is 11.8 Å². The first-order chi connectivity index (χ1) is 6.68. The van der Waals surface area contributed by atoms with Crippen molar-refractivity contribution < 1.29 is 18.9 Å². The Hall–Kier alpha value is 1.08. The third-order valence-electron chi connectivity index (χ3n) is 2.58. The standard InChI is InChI=1S/C12H22SSe.Li/c1-10(2)9-14-12(13)8-11-6-4-3-5-7-11;/h8,10-11,13H,3-7,9H2,1-2H3;/q;+1/p-1/b12-8+;. The smallest absolute Gasteiger partial charge is 1.00 e. The first-order valence-electron chi connectivity index (χ1n) is 5.70. The van der Waals surface area contributed by atoms with E-state index in [2.05, 4.69) is 19.9 Å². The minimum atomic E-state index is 0. The Labute approximate surface area is 119 Å². The molecule has 0 bridgehead atoms. The fourth-order valence-corrected chi connectivity index (χ4v) is 3.99. The van der Waals surface area contributed by atoms with E-state index in [4.69, 9.17) is 12.6 Å². The van der Waals surface area contributed by atoms with Crippen LogP contribution in [0.4, 0.5) is 0 Å². The zero-order valence-corrected chi connectivity index (χ0v) is 12.8. The van der Waals surface area contributed by atoms with Gasteiger partial charge in [-0.3, -0.25) is 0 Å². The first-order valence-corrected chi connectivity index (χ1v) is 8.17. The second-order valence-corrected chi connectivity index (χ2v) is 7.84. The molecule has 0 unspecified atom stereocenters. The Morgan fingerprint density at radius 2 is 1.93 bits per heavy atom. The zero-order valence-electron chi connectivity index (χ0n) is 10.3. The molecule has 0 nitrogen and oxygen atoms in total. The summed E-state index contributed by atoms with van der Waals surface area (Å²) in [5.74, 6) is 1.64. The van der Waals surface area contributed by atoms with Crippen LogP contribution < -0.4 is 18.9 Å². The molecular formula is C12H21LiSSe. The quantitative estimate of drug-likeness (QED) is 0.542. The van der Waals surface area contributed by atoms with Crippen LogP contribution in [0.2, 0.25) is 5.32 Å². The molecule has 15 heavy (non-hydrogen) atoms. The van der Waals surface area contributed by atoms with Crippen LogP contribution in [0.3, 0.4) is 0 Å². The van der Waals surface area contributed by atoms with Crippen LogP contribution in [0.1, 0.15) is 46.0 Å². The van der Waals surface area contributed by atoms with Gasteiger partial charge < -0.3 is 0 Å².